The van der Waals surface area contributed by atoms with E-state index in [2.05, 4.69) is 5.32 Å². The van der Waals surface area contributed by atoms with Crippen molar-refractivity contribution in [1.29, 1.82) is 0 Å². The van der Waals surface area contributed by atoms with E-state index in [0.717, 1.165) is 17.2 Å². The maximum atomic E-state index is 13.4. The first kappa shape index (κ1) is 15.2. The Bertz CT molecular complexity index is 668. The van der Waals surface area contributed by atoms with Crippen molar-refractivity contribution in [3.05, 3.63) is 70.3 Å². The first-order chi connectivity index (χ1) is 9.97. The van der Waals surface area contributed by atoms with Crippen molar-refractivity contribution in [3.8, 4) is 0 Å². The molecule has 21 heavy (non-hydrogen) atoms. The SMILES string of the molecule is Cc1ccc(C(=O)NCCc2ccc(F)cc2F)cc1C. The normalized spacial score (nSPS) is 10.5. The zero-order valence-electron chi connectivity index (χ0n) is 12.0. The van der Waals surface area contributed by atoms with Crippen LogP contribution < -0.4 is 5.32 Å². The highest BCUT2D eigenvalue weighted by Gasteiger charge is 2.08. The standard InChI is InChI=1S/C17H17F2NO/c1-11-3-4-14(9-12(11)2)17(21)20-8-7-13-5-6-15(18)10-16(13)19/h3-6,9-10H,7-8H2,1-2H3,(H,20,21). The molecule has 0 aliphatic rings. The molecule has 2 rings (SSSR count). The van der Waals surface area contributed by atoms with Crippen LogP contribution in [0.4, 0.5) is 8.78 Å². The Hall–Kier alpha value is -2.23. The summed E-state index contributed by atoms with van der Waals surface area (Å²) in [6, 6.07) is 8.93. The number of amides is 1. The van der Waals surface area contributed by atoms with Crippen molar-refractivity contribution in [1.82, 2.24) is 5.32 Å². The van der Waals surface area contributed by atoms with Crippen molar-refractivity contribution in [2.24, 2.45) is 0 Å². The maximum absolute atomic E-state index is 13.4. The second-order valence-electron chi connectivity index (χ2n) is 5.04. The summed E-state index contributed by atoms with van der Waals surface area (Å²) in [6.45, 7) is 4.22. The second-order valence-corrected chi connectivity index (χ2v) is 5.04. The molecule has 0 aliphatic heterocycles. The van der Waals surface area contributed by atoms with E-state index in [-0.39, 0.29) is 5.91 Å². The summed E-state index contributed by atoms with van der Waals surface area (Å²) in [6.07, 6.45) is 0.322. The Labute approximate surface area is 122 Å². The summed E-state index contributed by atoms with van der Waals surface area (Å²) in [5.74, 6) is -1.38. The molecule has 0 saturated carbocycles. The van der Waals surface area contributed by atoms with E-state index in [0.29, 0.717) is 24.1 Å². The summed E-state index contributed by atoms with van der Waals surface area (Å²) in [7, 11) is 0. The van der Waals surface area contributed by atoms with Crippen LogP contribution in [0, 0.1) is 25.5 Å². The van der Waals surface area contributed by atoms with E-state index in [4.69, 9.17) is 0 Å². The molecule has 0 radical (unpaired) electrons. The van der Waals surface area contributed by atoms with Gasteiger partial charge in [0.1, 0.15) is 11.6 Å². The highest BCUT2D eigenvalue weighted by atomic mass is 19.1. The third-order valence-corrected chi connectivity index (χ3v) is 3.46. The topological polar surface area (TPSA) is 29.1 Å². The summed E-state index contributed by atoms with van der Waals surface area (Å²) in [4.78, 5) is 12.0. The second kappa shape index (κ2) is 6.48. The van der Waals surface area contributed by atoms with Gasteiger partial charge < -0.3 is 5.32 Å². The Balaban J connectivity index is 1.93. The molecule has 0 fully saturated rings. The quantitative estimate of drug-likeness (QED) is 0.916. The number of halogens is 2. The Morgan fingerprint density at radius 1 is 1.05 bits per heavy atom. The van der Waals surface area contributed by atoms with Crippen LogP contribution in [0.15, 0.2) is 36.4 Å². The van der Waals surface area contributed by atoms with E-state index in [9.17, 15) is 13.6 Å². The lowest BCUT2D eigenvalue weighted by Crippen LogP contribution is -2.26. The lowest BCUT2D eigenvalue weighted by molar-refractivity contribution is 0.0954. The van der Waals surface area contributed by atoms with Crippen LogP contribution in [0.25, 0.3) is 0 Å². The minimum atomic E-state index is -0.601. The molecule has 2 nitrogen and oxygen atoms in total. The number of nitrogens with one attached hydrogen (secondary N) is 1. The number of hydrogen-bond acceptors (Lipinski definition) is 1. The van der Waals surface area contributed by atoms with Gasteiger partial charge in [-0.25, -0.2) is 8.78 Å². The van der Waals surface area contributed by atoms with Gasteiger partial charge in [-0.15, -0.1) is 0 Å². The summed E-state index contributed by atoms with van der Waals surface area (Å²) in [5.41, 5.74) is 3.14. The van der Waals surface area contributed by atoms with Gasteiger partial charge in [0.05, 0.1) is 0 Å². The first-order valence-electron chi connectivity index (χ1n) is 6.77. The highest BCUT2D eigenvalue weighted by molar-refractivity contribution is 5.94. The summed E-state index contributed by atoms with van der Waals surface area (Å²) >= 11 is 0. The number of aryl methyl sites for hydroxylation is 2. The lowest BCUT2D eigenvalue weighted by Gasteiger charge is -2.08. The van der Waals surface area contributed by atoms with Crippen LogP contribution in [0.1, 0.15) is 27.0 Å². The maximum Gasteiger partial charge on any atom is 0.251 e. The molecule has 0 heterocycles. The van der Waals surface area contributed by atoms with Gasteiger partial charge in [0, 0.05) is 18.2 Å². The van der Waals surface area contributed by atoms with Gasteiger partial charge in [-0.05, 0) is 55.2 Å². The third kappa shape index (κ3) is 3.88. The van der Waals surface area contributed by atoms with E-state index in [1.165, 1.54) is 12.1 Å². The zero-order valence-corrected chi connectivity index (χ0v) is 12.0. The molecule has 0 bridgehead atoms. The average molecular weight is 289 g/mol. The van der Waals surface area contributed by atoms with Gasteiger partial charge in [0.2, 0.25) is 0 Å². The largest absolute Gasteiger partial charge is 0.352 e. The molecule has 0 atom stereocenters. The fraction of sp³-hybridized carbons (Fsp3) is 0.235. The fourth-order valence-corrected chi connectivity index (χ4v) is 2.02. The van der Waals surface area contributed by atoms with Crippen LogP contribution in [0.5, 0.6) is 0 Å². The molecule has 0 unspecified atom stereocenters. The monoisotopic (exact) mass is 289 g/mol. The fourth-order valence-electron chi connectivity index (χ4n) is 2.02. The number of benzene rings is 2. The third-order valence-electron chi connectivity index (χ3n) is 3.46. The van der Waals surface area contributed by atoms with Crippen LogP contribution >= 0.6 is 0 Å². The van der Waals surface area contributed by atoms with Gasteiger partial charge in [-0.2, -0.15) is 0 Å². The number of carbonyl (C=O) groups is 1. The smallest absolute Gasteiger partial charge is 0.251 e. The molecule has 4 heteroatoms. The van der Waals surface area contributed by atoms with E-state index in [1.54, 1.807) is 6.07 Å². The summed E-state index contributed by atoms with van der Waals surface area (Å²) in [5, 5.41) is 2.74. The molecule has 0 aromatic heterocycles. The minimum absolute atomic E-state index is 0.194. The van der Waals surface area contributed by atoms with Gasteiger partial charge in [-0.3, -0.25) is 4.79 Å². The number of hydrogen-bond donors (Lipinski definition) is 1. The van der Waals surface area contributed by atoms with Crippen molar-refractivity contribution >= 4 is 5.91 Å². The van der Waals surface area contributed by atoms with Crippen molar-refractivity contribution in [2.75, 3.05) is 6.54 Å². The molecule has 0 spiro atoms. The molecule has 110 valence electrons. The van der Waals surface area contributed by atoms with Crippen molar-refractivity contribution < 1.29 is 13.6 Å². The van der Waals surface area contributed by atoms with E-state index in [1.807, 2.05) is 26.0 Å². The van der Waals surface area contributed by atoms with Crippen LogP contribution in [-0.2, 0) is 6.42 Å². The lowest BCUT2D eigenvalue weighted by atomic mass is 10.1. The van der Waals surface area contributed by atoms with Crippen LogP contribution in [0.3, 0.4) is 0 Å². The van der Waals surface area contributed by atoms with Crippen molar-refractivity contribution in [2.45, 2.75) is 20.3 Å². The molecule has 2 aromatic carbocycles. The molecule has 1 amide bonds. The Morgan fingerprint density at radius 2 is 1.81 bits per heavy atom. The van der Waals surface area contributed by atoms with Gasteiger partial charge in [0.15, 0.2) is 0 Å². The van der Waals surface area contributed by atoms with E-state index < -0.39 is 11.6 Å². The molecule has 0 aliphatic carbocycles. The predicted molar refractivity (Wildman–Crippen MR) is 78.3 cm³/mol. The molecule has 1 N–H and O–H groups in total. The molecular formula is C17H17F2NO. The first-order valence-corrected chi connectivity index (χ1v) is 6.77. The minimum Gasteiger partial charge on any atom is -0.352 e. The molecule has 0 saturated heterocycles. The van der Waals surface area contributed by atoms with Gasteiger partial charge in [0.25, 0.3) is 5.91 Å². The summed E-state index contributed by atoms with van der Waals surface area (Å²) < 4.78 is 26.2. The van der Waals surface area contributed by atoms with E-state index >= 15 is 0 Å². The van der Waals surface area contributed by atoms with Crippen molar-refractivity contribution in [3.63, 3.8) is 0 Å². The van der Waals surface area contributed by atoms with Gasteiger partial charge >= 0.3 is 0 Å². The predicted octanol–water partition coefficient (Wildman–Crippen LogP) is 3.55. The average Bonchev–Trinajstić information content (AvgIpc) is 2.44. The Kier molecular flexibility index (Phi) is 4.68. The van der Waals surface area contributed by atoms with Gasteiger partial charge in [-0.1, -0.05) is 12.1 Å². The molecular weight excluding hydrogens is 272 g/mol. The Morgan fingerprint density at radius 3 is 2.48 bits per heavy atom. The highest BCUT2D eigenvalue weighted by Crippen LogP contribution is 2.11. The van der Waals surface area contributed by atoms with Crippen LogP contribution in [-0.4, -0.2) is 12.5 Å². The number of rotatable bonds is 4. The van der Waals surface area contributed by atoms with Crippen LogP contribution in [0.2, 0.25) is 0 Å². The molecule has 2 aromatic rings. The zero-order chi connectivity index (χ0) is 15.4. The number of carbonyl (C=O) groups excluding carboxylic acids is 1.